The Bertz CT molecular complexity index is 1150. The average molecular weight is 432 g/mol. The van der Waals surface area contributed by atoms with Crippen LogP contribution in [0.2, 0.25) is 0 Å². The Hall–Kier alpha value is -2.83. The highest BCUT2D eigenvalue weighted by Crippen LogP contribution is 2.34. The number of rotatable bonds is 5. The van der Waals surface area contributed by atoms with Gasteiger partial charge in [-0.05, 0) is 55.4 Å². The van der Waals surface area contributed by atoms with Gasteiger partial charge in [-0.1, -0.05) is 55.0 Å². The number of thioether (sulfide) groups is 1. The fourth-order valence-electron chi connectivity index (χ4n) is 4.37. The zero-order valence-electron chi connectivity index (χ0n) is 17.4. The number of hydrogen-bond donors (Lipinski definition) is 0. The molecule has 3 aromatic rings. The summed E-state index contributed by atoms with van der Waals surface area (Å²) < 4.78 is 2.20. The van der Waals surface area contributed by atoms with E-state index in [0.717, 1.165) is 60.7 Å². The molecule has 0 aliphatic carbocycles. The second kappa shape index (κ2) is 8.73. The monoisotopic (exact) mass is 431 g/mol. The lowest BCUT2D eigenvalue weighted by molar-refractivity contribution is -0.124. The van der Waals surface area contributed by atoms with E-state index in [4.69, 9.17) is 0 Å². The third-order valence-corrected chi connectivity index (χ3v) is 6.87. The van der Waals surface area contributed by atoms with E-state index in [2.05, 4.69) is 39.9 Å². The van der Waals surface area contributed by atoms with Gasteiger partial charge in [0.05, 0.1) is 11.6 Å². The van der Waals surface area contributed by atoms with E-state index in [-0.39, 0.29) is 11.1 Å². The Morgan fingerprint density at radius 2 is 1.65 bits per heavy atom. The van der Waals surface area contributed by atoms with E-state index < -0.39 is 0 Å². The third kappa shape index (κ3) is 4.18. The molecule has 2 aromatic carbocycles. The topological polar surface area (TPSA) is 45.6 Å². The molecule has 158 valence electrons. The summed E-state index contributed by atoms with van der Waals surface area (Å²) in [5.74, 6) is -0.180. The van der Waals surface area contributed by atoms with Gasteiger partial charge in [-0.3, -0.25) is 19.4 Å². The second-order valence-electron chi connectivity index (χ2n) is 8.14. The van der Waals surface area contributed by atoms with Crippen molar-refractivity contribution in [1.82, 2.24) is 14.4 Å². The number of piperidine rings is 1. The maximum Gasteiger partial charge on any atom is 0.294 e. The van der Waals surface area contributed by atoms with Crippen LogP contribution in [0.4, 0.5) is 4.79 Å². The van der Waals surface area contributed by atoms with Crippen LogP contribution in [-0.2, 0) is 11.3 Å². The van der Waals surface area contributed by atoms with Gasteiger partial charge in [0.15, 0.2) is 0 Å². The lowest BCUT2D eigenvalue weighted by Gasteiger charge is -2.29. The molecule has 0 bridgehead atoms. The quantitative estimate of drug-likeness (QED) is 0.523. The Kier molecular flexibility index (Phi) is 5.66. The van der Waals surface area contributed by atoms with Crippen molar-refractivity contribution in [1.29, 1.82) is 0 Å². The average Bonchev–Trinajstić information content (AvgIpc) is 3.27. The van der Waals surface area contributed by atoms with Crippen molar-refractivity contribution in [3.63, 3.8) is 0 Å². The molecule has 3 heterocycles. The minimum Gasteiger partial charge on any atom is -0.342 e. The molecule has 2 aliphatic rings. The van der Waals surface area contributed by atoms with Gasteiger partial charge in [-0.25, -0.2) is 0 Å². The first kappa shape index (κ1) is 20.1. The molecule has 0 spiro atoms. The number of carbonyl (C=O) groups is 2. The Morgan fingerprint density at radius 1 is 0.903 bits per heavy atom. The minimum absolute atomic E-state index is 0.171. The fourth-order valence-corrected chi connectivity index (χ4v) is 5.19. The van der Waals surface area contributed by atoms with Crippen molar-refractivity contribution >= 4 is 39.9 Å². The normalized spacial score (nSPS) is 19.1. The Balaban J connectivity index is 1.43. The van der Waals surface area contributed by atoms with Crippen molar-refractivity contribution in [2.75, 3.05) is 19.8 Å². The molecule has 0 radical (unpaired) electrons. The number of benzene rings is 2. The SMILES string of the molecule is O=C1S/C(=C\c2cn(Cc3ccccc3)c3ccccc23)C(=O)N1CN1CCCCC1. The van der Waals surface area contributed by atoms with Gasteiger partial charge in [0.25, 0.3) is 11.1 Å². The first-order valence-corrected chi connectivity index (χ1v) is 11.6. The lowest BCUT2D eigenvalue weighted by Crippen LogP contribution is -2.42. The van der Waals surface area contributed by atoms with E-state index in [1.165, 1.54) is 16.9 Å². The molecule has 31 heavy (non-hydrogen) atoms. The Labute approximate surface area is 186 Å². The summed E-state index contributed by atoms with van der Waals surface area (Å²) >= 11 is 1.05. The van der Waals surface area contributed by atoms with Crippen LogP contribution in [0.1, 0.15) is 30.4 Å². The third-order valence-electron chi connectivity index (χ3n) is 5.97. The number of hydrogen-bond acceptors (Lipinski definition) is 4. The molecule has 0 atom stereocenters. The largest absolute Gasteiger partial charge is 0.342 e. The van der Waals surface area contributed by atoms with E-state index in [0.29, 0.717) is 11.6 Å². The zero-order chi connectivity index (χ0) is 21.2. The van der Waals surface area contributed by atoms with Gasteiger partial charge < -0.3 is 4.57 Å². The number of aromatic nitrogens is 1. The molecule has 2 amide bonds. The summed E-state index contributed by atoms with van der Waals surface area (Å²) in [6.45, 7) is 3.06. The molecule has 0 N–H and O–H groups in total. The number of para-hydroxylation sites is 1. The summed E-state index contributed by atoms with van der Waals surface area (Å²) in [6.07, 6.45) is 7.45. The number of likely N-dealkylation sites (tertiary alicyclic amines) is 1. The standard InChI is InChI=1S/C25H25N3O2S/c29-24-23(31-25(30)28(24)18-26-13-7-2-8-14-26)15-20-17-27(16-19-9-3-1-4-10-19)22-12-6-5-11-21(20)22/h1,3-6,9-12,15,17H,2,7-8,13-14,16,18H2/b23-15-. The molecule has 6 heteroatoms. The van der Waals surface area contributed by atoms with Gasteiger partial charge in [0, 0.05) is 29.2 Å². The van der Waals surface area contributed by atoms with Crippen molar-refractivity contribution in [3.05, 3.63) is 76.8 Å². The highest BCUT2D eigenvalue weighted by atomic mass is 32.2. The van der Waals surface area contributed by atoms with Crippen molar-refractivity contribution in [2.45, 2.75) is 25.8 Å². The molecule has 0 saturated carbocycles. The molecular weight excluding hydrogens is 406 g/mol. The van der Waals surface area contributed by atoms with Crippen LogP contribution >= 0.6 is 11.8 Å². The number of imide groups is 1. The highest BCUT2D eigenvalue weighted by molar-refractivity contribution is 8.18. The van der Waals surface area contributed by atoms with E-state index in [1.807, 2.05) is 36.4 Å². The minimum atomic E-state index is -0.180. The molecule has 2 aliphatic heterocycles. The van der Waals surface area contributed by atoms with Crippen LogP contribution < -0.4 is 0 Å². The number of carbonyl (C=O) groups excluding carboxylic acids is 2. The van der Waals surface area contributed by atoms with Crippen molar-refractivity contribution < 1.29 is 9.59 Å². The van der Waals surface area contributed by atoms with Crippen LogP contribution in [0.15, 0.2) is 65.7 Å². The first-order valence-electron chi connectivity index (χ1n) is 10.8. The van der Waals surface area contributed by atoms with E-state index in [9.17, 15) is 9.59 Å². The maximum absolute atomic E-state index is 13.0. The molecule has 2 fully saturated rings. The lowest BCUT2D eigenvalue weighted by atomic mass is 10.1. The summed E-state index contributed by atoms with van der Waals surface area (Å²) in [7, 11) is 0. The van der Waals surface area contributed by atoms with Crippen molar-refractivity contribution in [3.8, 4) is 0 Å². The highest BCUT2D eigenvalue weighted by Gasteiger charge is 2.36. The smallest absolute Gasteiger partial charge is 0.294 e. The predicted octanol–water partition coefficient (Wildman–Crippen LogP) is 5.17. The molecule has 1 aromatic heterocycles. The van der Waals surface area contributed by atoms with E-state index >= 15 is 0 Å². The van der Waals surface area contributed by atoms with Gasteiger partial charge >= 0.3 is 0 Å². The summed E-state index contributed by atoms with van der Waals surface area (Å²) in [5.41, 5.74) is 3.30. The number of nitrogens with zero attached hydrogens (tertiary/aromatic N) is 3. The summed E-state index contributed by atoms with van der Waals surface area (Å²) in [4.78, 5) is 29.7. The second-order valence-corrected chi connectivity index (χ2v) is 9.14. The molecule has 5 nitrogen and oxygen atoms in total. The molecule has 0 unspecified atom stereocenters. The van der Waals surface area contributed by atoms with Gasteiger partial charge in [0.1, 0.15) is 0 Å². The Morgan fingerprint density at radius 3 is 2.45 bits per heavy atom. The first-order chi connectivity index (χ1) is 15.2. The van der Waals surface area contributed by atoms with Crippen molar-refractivity contribution in [2.24, 2.45) is 0 Å². The van der Waals surface area contributed by atoms with E-state index in [1.54, 1.807) is 0 Å². The molecular formula is C25H25N3O2S. The van der Waals surface area contributed by atoms with Gasteiger partial charge in [-0.15, -0.1) is 0 Å². The van der Waals surface area contributed by atoms with Crippen LogP contribution in [0.3, 0.4) is 0 Å². The van der Waals surface area contributed by atoms with Gasteiger partial charge in [0.2, 0.25) is 0 Å². The fraction of sp³-hybridized carbons (Fsp3) is 0.280. The van der Waals surface area contributed by atoms with Gasteiger partial charge in [-0.2, -0.15) is 0 Å². The summed E-state index contributed by atoms with van der Waals surface area (Å²) in [6, 6.07) is 18.5. The number of fused-ring (bicyclic) bond motifs is 1. The molecule has 5 rings (SSSR count). The number of amides is 2. The maximum atomic E-state index is 13.0. The summed E-state index contributed by atoms with van der Waals surface area (Å²) in [5, 5.41) is 0.913. The van der Waals surface area contributed by atoms with Crippen LogP contribution in [0.5, 0.6) is 0 Å². The van der Waals surface area contributed by atoms with Crippen LogP contribution in [-0.4, -0.2) is 45.3 Å². The van der Waals surface area contributed by atoms with Crippen LogP contribution in [0.25, 0.3) is 17.0 Å². The zero-order valence-corrected chi connectivity index (χ0v) is 18.2. The molecule has 2 saturated heterocycles. The predicted molar refractivity (Wildman–Crippen MR) is 126 cm³/mol. The van der Waals surface area contributed by atoms with Crippen LogP contribution in [0, 0.1) is 0 Å².